The van der Waals surface area contributed by atoms with E-state index in [0.29, 0.717) is 19.5 Å². The maximum Gasteiger partial charge on any atom is 0.277 e. The second kappa shape index (κ2) is 7.73. The van der Waals surface area contributed by atoms with Crippen LogP contribution >= 0.6 is 12.4 Å². The van der Waals surface area contributed by atoms with Gasteiger partial charge in [-0.05, 0) is 18.8 Å². The van der Waals surface area contributed by atoms with E-state index >= 15 is 0 Å². The lowest BCUT2D eigenvalue weighted by molar-refractivity contribution is -0.133. The summed E-state index contributed by atoms with van der Waals surface area (Å²) in [6, 6.07) is 0.124. The number of nitrogens with zero attached hydrogens (tertiary/aromatic N) is 2. The minimum atomic E-state index is -3.64. The third-order valence-corrected chi connectivity index (χ3v) is 5.44. The fourth-order valence-corrected chi connectivity index (χ4v) is 3.71. The van der Waals surface area contributed by atoms with Gasteiger partial charge >= 0.3 is 0 Å². The SMILES string of the molecule is Cl.NC1CCCCC1CC(=O)N1CCN(S(N)(=O)=O)CC1. The van der Waals surface area contributed by atoms with Crippen LogP contribution in [0.1, 0.15) is 32.1 Å². The van der Waals surface area contributed by atoms with E-state index in [1.54, 1.807) is 4.90 Å². The van der Waals surface area contributed by atoms with Crippen LogP contribution in [0.25, 0.3) is 0 Å². The van der Waals surface area contributed by atoms with Gasteiger partial charge in [-0.15, -0.1) is 12.4 Å². The Balaban J connectivity index is 0.00000220. The van der Waals surface area contributed by atoms with Crippen LogP contribution in [-0.4, -0.2) is 55.8 Å². The molecule has 1 aliphatic heterocycles. The first-order valence-electron chi connectivity index (χ1n) is 7.19. The molecule has 0 radical (unpaired) electrons. The largest absolute Gasteiger partial charge is 0.340 e. The first-order valence-corrected chi connectivity index (χ1v) is 8.69. The van der Waals surface area contributed by atoms with E-state index < -0.39 is 10.2 Å². The lowest BCUT2D eigenvalue weighted by Gasteiger charge is -2.35. The molecule has 1 heterocycles. The number of carbonyl (C=O) groups excluding carboxylic acids is 1. The number of hydrogen-bond donors (Lipinski definition) is 2. The van der Waals surface area contributed by atoms with Gasteiger partial charge in [0.1, 0.15) is 0 Å². The van der Waals surface area contributed by atoms with E-state index in [4.69, 9.17) is 10.9 Å². The van der Waals surface area contributed by atoms with Crippen molar-refractivity contribution in [3.05, 3.63) is 0 Å². The number of halogens is 1. The van der Waals surface area contributed by atoms with Crippen molar-refractivity contribution in [1.29, 1.82) is 0 Å². The Morgan fingerprint density at radius 2 is 1.67 bits per heavy atom. The Morgan fingerprint density at radius 1 is 1.10 bits per heavy atom. The van der Waals surface area contributed by atoms with Crippen molar-refractivity contribution < 1.29 is 13.2 Å². The zero-order valence-electron chi connectivity index (χ0n) is 12.1. The summed E-state index contributed by atoms with van der Waals surface area (Å²) in [6.07, 6.45) is 4.79. The van der Waals surface area contributed by atoms with Crippen LogP contribution in [0.5, 0.6) is 0 Å². The van der Waals surface area contributed by atoms with E-state index in [0.717, 1.165) is 25.7 Å². The Morgan fingerprint density at radius 3 is 2.19 bits per heavy atom. The fraction of sp³-hybridized carbons (Fsp3) is 0.917. The van der Waals surface area contributed by atoms with Gasteiger partial charge < -0.3 is 10.6 Å². The quantitative estimate of drug-likeness (QED) is 0.732. The van der Waals surface area contributed by atoms with Gasteiger partial charge in [-0.2, -0.15) is 12.7 Å². The van der Waals surface area contributed by atoms with E-state index in [-0.39, 0.29) is 43.4 Å². The Hall–Kier alpha value is -0.410. The van der Waals surface area contributed by atoms with Crippen LogP contribution in [0.2, 0.25) is 0 Å². The van der Waals surface area contributed by atoms with Crippen LogP contribution in [0, 0.1) is 5.92 Å². The van der Waals surface area contributed by atoms with Crippen LogP contribution in [0.3, 0.4) is 0 Å². The lowest BCUT2D eigenvalue weighted by atomic mass is 9.82. The van der Waals surface area contributed by atoms with Crippen molar-refractivity contribution in [2.75, 3.05) is 26.2 Å². The van der Waals surface area contributed by atoms with E-state index in [1.165, 1.54) is 4.31 Å². The van der Waals surface area contributed by atoms with Gasteiger partial charge in [0.15, 0.2) is 0 Å². The highest BCUT2D eigenvalue weighted by molar-refractivity contribution is 7.86. The summed E-state index contributed by atoms with van der Waals surface area (Å²) >= 11 is 0. The zero-order valence-corrected chi connectivity index (χ0v) is 13.7. The van der Waals surface area contributed by atoms with Crippen molar-refractivity contribution in [3.8, 4) is 0 Å². The normalized spacial score (nSPS) is 28.0. The summed E-state index contributed by atoms with van der Waals surface area (Å²) in [4.78, 5) is 14.0. The number of hydrogen-bond acceptors (Lipinski definition) is 4. The third-order valence-electron chi connectivity index (χ3n) is 4.36. The molecule has 2 aliphatic rings. The predicted molar refractivity (Wildman–Crippen MR) is 83.1 cm³/mol. The van der Waals surface area contributed by atoms with Gasteiger partial charge in [0.2, 0.25) is 5.91 Å². The molecule has 2 rings (SSSR count). The minimum Gasteiger partial charge on any atom is -0.340 e. The summed E-state index contributed by atoms with van der Waals surface area (Å²) in [5, 5.41) is 5.08. The molecule has 1 saturated carbocycles. The van der Waals surface area contributed by atoms with E-state index in [1.807, 2.05) is 0 Å². The van der Waals surface area contributed by atoms with Crippen molar-refractivity contribution in [3.63, 3.8) is 0 Å². The molecule has 2 atom stereocenters. The molecule has 0 aromatic rings. The first-order chi connectivity index (χ1) is 9.38. The molecular weight excluding hydrogens is 316 g/mol. The molecule has 0 aromatic heterocycles. The Kier molecular flexibility index (Phi) is 6.86. The highest BCUT2D eigenvalue weighted by Gasteiger charge is 2.29. The van der Waals surface area contributed by atoms with Gasteiger partial charge in [-0.3, -0.25) is 4.79 Å². The second-order valence-corrected chi connectivity index (χ2v) is 7.28. The van der Waals surface area contributed by atoms with E-state index in [9.17, 15) is 13.2 Å². The second-order valence-electron chi connectivity index (χ2n) is 5.74. The topological polar surface area (TPSA) is 110 Å². The number of nitrogens with two attached hydrogens (primary N) is 2. The molecule has 2 unspecified atom stereocenters. The zero-order chi connectivity index (χ0) is 14.8. The minimum absolute atomic E-state index is 0. The molecule has 2 fully saturated rings. The van der Waals surface area contributed by atoms with Crippen molar-refractivity contribution in [2.45, 2.75) is 38.1 Å². The average molecular weight is 341 g/mol. The maximum atomic E-state index is 12.2. The summed E-state index contributed by atoms with van der Waals surface area (Å²) in [6.45, 7) is 1.39. The van der Waals surface area contributed by atoms with Gasteiger partial charge in [-0.1, -0.05) is 12.8 Å². The summed E-state index contributed by atoms with van der Waals surface area (Å²) in [7, 11) is -3.64. The highest BCUT2D eigenvalue weighted by atomic mass is 35.5. The number of carbonyl (C=O) groups is 1. The maximum absolute atomic E-state index is 12.2. The summed E-state index contributed by atoms with van der Waals surface area (Å²) in [5.41, 5.74) is 6.06. The molecule has 0 spiro atoms. The predicted octanol–water partition coefficient (Wildman–Crippen LogP) is -0.336. The molecule has 0 aromatic carbocycles. The molecule has 0 bridgehead atoms. The highest BCUT2D eigenvalue weighted by Crippen LogP contribution is 2.26. The molecule has 4 N–H and O–H groups in total. The van der Waals surface area contributed by atoms with Gasteiger partial charge in [0, 0.05) is 38.6 Å². The van der Waals surface area contributed by atoms with E-state index in [2.05, 4.69) is 0 Å². The van der Waals surface area contributed by atoms with Gasteiger partial charge in [-0.25, -0.2) is 5.14 Å². The van der Waals surface area contributed by atoms with Crippen molar-refractivity contribution in [2.24, 2.45) is 16.8 Å². The molecule has 1 saturated heterocycles. The fourth-order valence-electron chi connectivity index (χ4n) is 3.04. The summed E-state index contributed by atoms with van der Waals surface area (Å²) < 4.78 is 23.6. The number of rotatable bonds is 3. The average Bonchev–Trinajstić information content (AvgIpc) is 2.40. The van der Waals surface area contributed by atoms with Crippen molar-refractivity contribution in [1.82, 2.24) is 9.21 Å². The van der Waals surface area contributed by atoms with Gasteiger partial charge in [0.25, 0.3) is 10.2 Å². The lowest BCUT2D eigenvalue weighted by Crippen LogP contribution is -2.52. The van der Waals surface area contributed by atoms with Crippen LogP contribution in [0.4, 0.5) is 0 Å². The standard InChI is InChI=1S/C12H24N4O3S.ClH/c13-11-4-2-1-3-10(11)9-12(17)15-5-7-16(8-6-15)20(14,18)19;/h10-11H,1-9,13H2,(H2,14,18,19);1H. The van der Waals surface area contributed by atoms with Crippen LogP contribution in [-0.2, 0) is 15.0 Å². The van der Waals surface area contributed by atoms with Gasteiger partial charge in [0.05, 0.1) is 0 Å². The number of amides is 1. The molecule has 7 nitrogen and oxygen atoms in total. The molecular formula is C12H25ClN4O3S. The molecule has 1 aliphatic carbocycles. The third kappa shape index (κ3) is 5.07. The molecule has 1 amide bonds. The number of piperazine rings is 1. The molecule has 9 heteroatoms. The smallest absolute Gasteiger partial charge is 0.277 e. The Bertz CT molecular complexity index is 451. The van der Waals surface area contributed by atoms with Crippen molar-refractivity contribution >= 4 is 28.5 Å². The Labute approximate surface area is 132 Å². The first kappa shape index (κ1) is 18.6. The molecule has 21 heavy (non-hydrogen) atoms. The summed E-state index contributed by atoms with van der Waals surface area (Å²) in [5.74, 6) is 0.356. The van der Waals surface area contributed by atoms with Crippen LogP contribution < -0.4 is 10.9 Å². The van der Waals surface area contributed by atoms with Crippen LogP contribution in [0.15, 0.2) is 0 Å². The molecule has 124 valence electrons. The monoisotopic (exact) mass is 340 g/mol.